The number of para-hydroxylation sites is 2. The van der Waals surface area contributed by atoms with E-state index in [0.29, 0.717) is 41.9 Å². The van der Waals surface area contributed by atoms with E-state index in [1.54, 1.807) is 24.5 Å². The summed E-state index contributed by atoms with van der Waals surface area (Å²) in [5, 5.41) is 10.6. The van der Waals surface area contributed by atoms with Crippen molar-refractivity contribution in [3.63, 3.8) is 0 Å². The Bertz CT molecular complexity index is 4270. The number of nitrogens with zero attached hydrogens (tertiary/aromatic N) is 6. The van der Waals surface area contributed by atoms with Gasteiger partial charge in [-0.15, -0.1) is 53.6 Å². The van der Waals surface area contributed by atoms with E-state index in [-0.39, 0.29) is 88.1 Å². The van der Waals surface area contributed by atoms with Gasteiger partial charge in [-0.3, -0.25) is 13.8 Å². The van der Waals surface area contributed by atoms with Gasteiger partial charge in [-0.1, -0.05) is 172 Å². The summed E-state index contributed by atoms with van der Waals surface area (Å²) in [6.45, 7) is 10.4. The maximum Gasteiger partial charge on any atom is 0.354 e. The molecule has 2 atom stereocenters. The molecule has 5 aromatic carbocycles. The van der Waals surface area contributed by atoms with Gasteiger partial charge < -0.3 is 29.4 Å². The van der Waals surface area contributed by atoms with Crippen molar-refractivity contribution in [3.8, 4) is 50.6 Å². The predicted octanol–water partition coefficient (Wildman–Crippen LogP) is 19.0. The van der Waals surface area contributed by atoms with Gasteiger partial charge in [-0.25, -0.2) is 18.6 Å². The van der Waals surface area contributed by atoms with E-state index in [1.165, 1.54) is 80.1 Å². The number of ether oxygens (including phenoxy) is 1. The van der Waals surface area contributed by atoms with Gasteiger partial charge in [0.1, 0.15) is 17.6 Å². The molecule has 14 rings (SSSR count). The first-order valence-electron chi connectivity index (χ1n) is 31.3. The van der Waals surface area contributed by atoms with Crippen LogP contribution in [-0.4, -0.2) is 53.8 Å². The minimum Gasteiger partial charge on any atom is -0.477 e. The number of carboxylic acids is 1. The number of aromatic nitrogens is 6. The van der Waals surface area contributed by atoms with Crippen molar-refractivity contribution in [2.24, 2.45) is 22.2 Å². The van der Waals surface area contributed by atoms with Crippen LogP contribution in [0.1, 0.15) is 113 Å². The van der Waals surface area contributed by atoms with Crippen LogP contribution in [0.15, 0.2) is 188 Å². The molecule has 2 unspecified atom stereocenters. The zero-order valence-electron chi connectivity index (χ0n) is 52.8. The van der Waals surface area contributed by atoms with Crippen LogP contribution in [0, 0.1) is 63.9 Å². The van der Waals surface area contributed by atoms with E-state index in [2.05, 4.69) is 155 Å². The fourth-order valence-corrected chi connectivity index (χ4v) is 13.3. The first-order chi connectivity index (χ1) is 44.0. The second kappa shape index (κ2) is 32.9. The average Bonchev–Trinajstić information content (AvgIpc) is 1.58. The molecule has 3 aliphatic rings. The van der Waals surface area contributed by atoms with Crippen LogP contribution in [0.4, 0.5) is 17.6 Å². The summed E-state index contributed by atoms with van der Waals surface area (Å²) in [5.74, 6) is -3.02. The van der Waals surface area contributed by atoms with Gasteiger partial charge in [0.05, 0.1) is 11.0 Å². The molecule has 11 aromatic rings. The molecule has 0 spiro atoms. The SMILES string of the molecule is CC1(Cc2c(F)c[c-]c(-c3cc(-n4c5ccccc5c5ccccc54)ccn3)c2F)CCOCC1.CC1(Cc2ccnc(-c3[c-]cc(F)nc3F)c2)CCCC1.CC1CCC(C)(Cc2cccc(-c3[c-]ccc(-c4ccccc4)c3)n2)C1.O=C(O)c1ccccn1.[Ir].[Ir].[Ir]. The molecule has 3 fully saturated rings. The van der Waals surface area contributed by atoms with Gasteiger partial charge in [0.2, 0.25) is 0 Å². The Morgan fingerprint density at radius 2 is 1.24 bits per heavy atom. The Morgan fingerprint density at radius 1 is 0.596 bits per heavy atom. The van der Waals surface area contributed by atoms with Crippen molar-refractivity contribution in [2.45, 2.75) is 105 Å². The molecule has 0 bridgehead atoms. The number of hydrogen-bond acceptors (Lipinski definition) is 7. The van der Waals surface area contributed by atoms with Crippen molar-refractivity contribution in [2.75, 3.05) is 13.2 Å². The molecule has 0 amide bonds. The van der Waals surface area contributed by atoms with E-state index in [9.17, 15) is 18.0 Å². The number of hydrogen-bond donors (Lipinski definition) is 1. The van der Waals surface area contributed by atoms with Gasteiger partial charge in [-0.2, -0.15) is 0 Å². The van der Waals surface area contributed by atoms with Gasteiger partial charge in [0.25, 0.3) is 0 Å². The molecule has 9 nitrogen and oxygen atoms in total. The normalized spacial score (nSPS) is 16.7. The van der Waals surface area contributed by atoms with Crippen LogP contribution in [0.3, 0.4) is 0 Å². The van der Waals surface area contributed by atoms with E-state index < -0.39 is 29.5 Å². The van der Waals surface area contributed by atoms with Crippen molar-refractivity contribution in [1.29, 1.82) is 0 Å². The van der Waals surface area contributed by atoms with E-state index in [4.69, 9.17) is 14.8 Å². The third-order valence-electron chi connectivity index (χ3n) is 18.1. The summed E-state index contributed by atoms with van der Waals surface area (Å²) < 4.78 is 64.8. The Kier molecular flexibility index (Phi) is 25.4. The van der Waals surface area contributed by atoms with Gasteiger partial charge >= 0.3 is 5.97 Å². The van der Waals surface area contributed by atoms with E-state index >= 15 is 4.39 Å². The zero-order chi connectivity index (χ0) is 63.5. The number of halogens is 4. The van der Waals surface area contributed by atoms with Gasteiger partial charge in [0, 0.05) is 126 Å². The summed E-state index contributed by atoms with van der Waals surface area (Å²) in [6, 6.07) is 63.0. The minimum absolute atomic E-state index is 0. The quantitative estimate of drug-likeness (QED) is 0.0731. The van der Waals surface area contributed by atoms with Crippen LogP contribution in [0.5, 0.6) is 0 Å². The molecule has 2 aliphatic carbocycles. The average molecular weight is 1800 g/mol. The van der Waals surface area contributed by atoms with Crippen LogP contribution < -0.4 is 0 Å². The molecule has 1 saturated heterocycles. The first-order valence-corrected chi connectivity index (χ1v) is 31.3. The third-order valence-corrected chi connectivity index (χ3v) is 18.1. The minimum atomic E-state index is -0.990. The summed E-state index contributed by atoms with van der Waals surface area (Å²) in [5.41, 5.74) is 11.8. The molecular weight excluding hydrogens is 1720 g/mol. The van der Waals surface area contributed by atoms with Crippen LogP contribution in [0.25, 0.3) is 72.4 Å². The zero-order valence-corrected chi connectivity index (χ0v) is 60.0. The molecule has 6 aromatic heterocycles. The van der Waals surface area contributed by atoms with Crippen LogP contribution in [0.2, 0.25) is 0 Å². The van der Waals surface area contributed by atoms with Crippen molar-refractivity contribution < 1.29 is 92.5 Å². The maximum absolute atomic E-state index is 15.8. The molecule has 2 saturated carbocycles. The third kappa shape index (κ3) is 18.0. The molecule has 3 radical (unpaired) electrons. The predicted molar refractivity (Wildman–Crippen MR) is 351 cm³/mol. The second-order valence-corrected chi connectivity index (χ2v) is 25.5. The maximum atomic E-state index is 15.8. The number of fused-ring (bicyclic) bond motifs is 3. The Labute approximate surface area is 588 Å². The van der Waals surface area contributed by atoms with Crippen LogP contribution >= 0.6 is 0 Å². The van der Waals surface area contributed by atoms with Crippen molar-refractivity contribution >= 4 is 27.8 Å². The monoisotopic (exact) mass is 1800 g/mol. The summed E-state index contributed by atoms with van der Waals surface area (Å²) in [4.78, 5) is 30.5. The molecule has 1 aliphatic heterocycles. The molecule has 16 heteroatoms. The smallest absolute Gasteiger partial charge is 0.354 e. The largest absolute Gasteiger partial charge is 0.477 e. The Hall–Kier alpha value is -7.25. The van der Waals surface area contributed by atoms with Gasteiger partial charge in [-0.05, 0) is 145 Å². The van der Waals surface area contributed by atoms with Crippen molar-refractivity contribution in [3.05, 3.63) is 253 Å². The number of rotatable bonds is 12. The van der Waals surface area contributed by atoms with Gasteiger partial charge in [0.15, 0.2) is 0 Å². The molecule has 7 heterocycles. The number of carboxylic acid groups (broad SMARTS) is 1. The van der Waals surface area contributed by atoms with Crippen molar-refractivity contribution in [1.82, 2.24) is 29.5 Å². The number of benzene rings is 5. The standard InChI is InChI=1S/C30H25F2N2O.C25H26N.C17H17F2N2.C6H5NO2.3Ir/c1-30(13-16-35-17-14-30)19-24-25(31)11-10-23(29(24)32)26-18-20(12-15-33-26)34-27-8-4-2-6-21(27)22-7-3-5-9-28(22)34;1-19-14-15-25(2,17-19)18-23-12-7-13-24(26-23)22-11-6-10-21(16-22)20-8-4-3-5-9-20;1-17(7-2-3-8-17)11-12-6-9-20-14(10-12)13-4-5-15(18)21-16(13)19;8-6(9)5-3-1-2-4-7-5;;;/h2-9,11-12,15,18H,13-14,16-17,19H2,1H3;3-10,12-13,16,19H,14-15,17-18H2,1-2H3;5-6,9-10H,2-3,7-8,11H2,1H3;1-4H,(H,8,9);;;/q3*-1;;;;. The van der Waals surface area contributed by atoms with E-state index in [0.717, 1.165) is 82.0 Å². The molecule has 94 heavy (non-hydrogen) atoms. The molecular formula is C78H73F4Ir3N6O3-3. The first kappa shape index (κ1) is 72.6. The summed E-state index contributed by atoms with van der Waals surface area (Å²) >= 11 is 0. The topological polar surface area (TPSA) is 116 Å². The Balaban J connectivity index is 0.000000171. The van der Waals surface area contributed by atoms with E-state index in [1.807, 2.05) is 54.6 Å². The van der Waals surface area contributed by atoms with Crippen LogP contribution in [-0.2, 0) is 84.3 Å². The fourth-order valence-electron chi connectivity index (χ4n) is 13.3. The number of pyridine rings is 5. The molecule has 1 N–H and O–H groups in total. The number of aromatic carboxylic acids is 1. The Morgan fingerprint density at radius 3 is 1.89 bits per heavy atom. The fraction of sp³-hybridized carbons (Fsp3) is 0.282. The summed E-state index contributed by atoms with van der Waals surface area (Å²) in [7, 11) is 0. The summed E-state index contributed by atoms with van der Waals surface area (Å²) in [6.07, 6.45) is 17.7. The molecule has 491 valence electrons. The number of carbonyl (C=O) groups is 1. The second-order valence-electron chi connectivity index (χ2n) is 25.5.